The van der Waals surface area contributed by atoms with Crippen LogP contribution in [0.3, 0.4) is 0 Å². The largest absolute Gasteiger partial charge is 0.478 e. The summed E-state index contributed by atoms with van der Waals surface area (Å²) in [6.45, 7) is 1.49. The fourth-order valence-corrected chi connectivity index (χ4v) is 3.78. The lowest BCUT2D eigenvalue weighted by Gasteiger charge is -2.12. The molecule has 6 nitrogen and oxygen atoms in total. The van der Waals surface area contributed by atoms with Crippen LogP contribution >= 0.6 is 23.2 Å². The number of aromatic nitrogens is 2. The average molecular weight is 500 g/mol. The number of aromatic carboxylic acids is 1. The number of halogens is 5. The SMILES string of the molecule is Cc1cc(CNC(=O)c2c(Cc3ccc(Cl)c(Cl)c3)nn(C)c2C(F)(F)F)ccc1C(=O)O. The first-order chi connectivity index (χ1) is 15.4. The van der Waals surface area contributed by atoms with E-state index in [1.54, 1.807) is 19.1 Å². The third kappa shape index (κ3) is 5.48. The Labute approximate surface area is 196 Å². The van der Waals surface area contributed by atoms with Crippen molar-refractivity contribution in [1.29, 1.82) is 0 Å². The maximum atomic E-state index is 13.7. The molecule has 0 saturated heterocycles. The summed E-state index contributed by atoms with van der Waals surface area (Å²) in [7, 11) is 1.12. The van der Waals surface area contributed by atoms with Crippen molar-refractivity contribution in [3.8, 4) is 0 Å². The summed E-state index contributed by atoms with van der Waals surface area (Å²) in [6.07, 6.45) is -4.89. The molecule has 1 amide bonds. The zero-order valence-electron chi connectivity index (χ0n) is 17.4. The fourth-order valence-electron chi connectivity index (χ4n) is 3.46. The number of rotatable bonds is 6. The molecule has 3 aromatic rings. The second-order valence-corrected chi connectivity index (χ2v) is 8.17. The summed E-state index contributed by atoms with van der Waals surface area (Å²) < 4.78 is 41.9. The molecule has 11 heteroatoms. The van der Waals surface area contributed by atoms with Crippen molar-refractivity contribution in [3.05, 3.63) is 85.6 Å². The van der Waals surface area contributed by atoms with Gasteiger partial charge >= 0.3 is 12.1 Å². The van der Waals surface area contributed by atoms with E-state index in [1.165, 1.54) is 24.3 Å². The number of carboxylic acid groups (broad SMARTS) is 1. The maximum Gasteiger partial charge on any atom is 0.433 e. The number of carboxylic acids is 1. The second-order valence-electron chi connectivity index (χ2n) is 7.35. The molecule has 1 aromatic heterocycles. The predicted molar refractivity (Wildman–Crippen MR) is 117 cm³/mol. The molecule has 0 bridgehead atoms. The Morgan fingerprint density at radius 2 is 1.76 bits per heavy atom. The molecular formula is C22H18Cl2F3N3O3. The van der Waals surface area contributed by atoms with Crippen molar-refractivity contribution in [3.63, 3.8) is 0 Å². The first kappa shape index (κ1) is 24.6. The molecule has 0 aliphatic rings. The summed E-state index contributed by atoms with van der Waals surface area (Å²) in [5.41, 5.74) is -0.201. The number of benzene rings is 2. The maximum absolute atomic E-state index is 13.7. The van der Waals surface area contributed by atoms with Crippen LogP contribution in [0.2, 0.25) is 10.0 Å². The fraction of sp³-hybridized carbons (Fsp3) is 0.227. The Morgan fingerprint density at radius 3 is 2.33 bits per heavy atom. The first-order valence-electron chi connectivity index (χ1n) is 9.56. The minimum Gasteiger partial charge on any atom is -0.478 e. The molecule has 33 heavy (non-hydrogen) atoms. The molecule has 0 saturated carbocycles. The quantitative estimate of drug-likeness (QED) is 0.483. The van der Waals surface area contributed by atoms with Gasteiger partial charge in [-0.25, -0.2) is 4.79 Å². The normalized spacial score (nSPS) is 11.5. The van der Waals surface area contributed by atoms with E-state index >= 15 is 0 Å². The lowest BCUT2D eigenvalue weighted by Crippen LogP contribution is -2.27. The molecule has 3 rings (SSSR count). The van der Waals surface area contributed by atoms with Gasteiger partial charge < -0.3 is 10.4 Å². The molecule has 0 radical (unpaired) electrons. The third-order valence-corrected chi connectivity index (χ3v) is 5.68. The molecule has 2 N–H and O–H groups in total. The van der Waals surface area contributed by atoms with Crippen molar-refractivity contribution in [2.24, 2.45) is 7.05 Å². The number of carbonyl (C=O) groups excluding carboxylic acids is 1. The smallest absolute Gasteiger partial charge is 0.433 e. The number of carbonyl (C=O) groups is 2. The number of nitrogens with zero attached hydrogens (tertiary/aromatic N) is 2. The highest BCUT2D eigenvalue weighted by atomic mass is 35.5. The van der Waals surface area contributed by atoms with E-state index in [4.69, 9.17) is 28.3 Å². The van der Waals surface area contributed by atoms with Gasteiger partial charge in [-0.2, -0.15) is 18.3 Å². The molecule has 0 aliphatic carbocycles. The van der Waals surface area contributed by atoms with Crippen LogP contribution in [0.4, 0.5) is 13.2 Å². The standard InChI is InChI=1S/C22H18Cl2F3N3O3/c1-11-7-13(3-5-14(11)21(32)33)10-28-20(31)18-17(29-30(2)19(18)22(25,26)27)9-12-4-6-15(23)16(24)8-12/h3-8H,9-10H2,1-2H3,(H,28,31)(H,32,33). The number of amides is 1. The number of nitrogens with one attached hydrogen (secondary N) is 1. The van der Waals surface area contributed by atoms with E-state index in [0.29, 0.717) is 26.4 Å². The van der Waals surface area contributed by atoms with Gasteiger partial charge in [0.05, 0.1) is 26.9 Å². The van der Waals surface area contributed by atoms with E-state index in [-0.39, 0.29) is 29.2 Å². The molecule has 0 atom stereocenters. The van der Waals surface area contributed by atoms with Gasteiger partial charge in [0.15, 0.2) is 5.69 Å². The molecule has 2 aromatic carbocycles. The number of aryl methyl sites for hydroxylation is 2. The van der Waals surface area contributed by atoms with Gasteiger partial charge in [-0.1, -0.05) is 41.4 Å². The summed E-state index contributed by atoms with van der Waals surface area (Å²) in [5, 5.41) is 16.1. The van der Waals surface area contributed by atoms with Crippen LogP contribution in [-0.2, 0) is 26.2 Å². The monoisotopic (exact) mass is 499 g/mol. The van der Waals surface area contributed by atoms with E-state index in [1.807, 2.05) is 0 Å². The molecule has 0 aliphatic heterocycles. The lowest BCUT2D eigenvalue weighted by atomic mass is 10.0. The van der Waals surface area contributed by atoms with Gasteiger partial charge in [-0.05, 0) is 41.8 Å². The van der Waals surface area contributed by atoms with Gasteiger partial charge in [-0.3, -0.25) is 9.48 Å². The molecular weight excluding hydrogens is 482 g/mol. The van der Waals surface area contributed by atoms with Crippen molar-refractivity contribution in [2.45, 2.75) is 26.1 Å². The topological polar surface area (TPSA) is 84.2 Å². The summed E-state index contributed by atoms with van der Waals surface area (Å²) in [5.74, 6) is -2.05. The van der Waals surface area contributed by atoms with Gasteiger partial charge in [0.2, 0.25) is 0 Å². The van der Waals surface area contributed by atoms with Crippen LogP contribution in [0.1, 0.15) is 48.8 Å². The minimum absolute atomic E-state index is 0.0712. The van der Waals surface area contributed by atoms with E-state index in [0.717, 1.165) is 7.05 Å². The molecule has 1 heterocycles. The van der Waals surface area contributed by atoms with Crippen molar-refractivity contribution in [2.75, 3.05) is 0 Å². The summed E-state index contributed by atoms with van der Waals surface area (Å²) in [6, 6.07) is 9.01. The van der Waals surface area contributed by atoms with Gasteiger partial charge in [0.1, 0.15) is 0 Å². The Morgan fingerprint density at radius 1 is 1.09 bits per heavy atom. The van der Waals surface area contributed by atoms with Crippen LogP contribution in [-0.4, -0.2) is 26.8 Å². The Kier molecular flexibility index (Phi) is 7.04. The molecule has 0 unspecified atom stereocenters. The van der Waals surface area contributed by atoms with Crippen LogP contribution < -0.4 is 5.32 Å². The van der Waals surface area contributed by atoms with Crippen molar-refractivity contribution >= 4 is 35.1 Å². The number of alkyl halides is 3. The Hall–Kier alpha value is -3.04. The van der Waals surface area contributed by atoms with Crippen LogP contribution in [0.25, 0.3) is 0 Å². The zero-order chi connectivity index (χ0) is 24.5. The van der Waals surface area contributed by atoms with Gasteiger partial charge in [0.25, 0.3) is 5.91 Å². The average Bonchev–Trinajstić information content (AvgIpc) is 3.04. The van der Waals surface area contributed by atoms with Gasteiger partial charge in [0, 0.05) is 20.0 Å². The van der Waals surface area contributed by atoms with E-state index in [9.17, 15) is 22.8 Å². The highest BCUT2D eigenvalue weighted by Crippen LogP contribution is 2.34. The molecule has 0 spiro atoms. The van der Waals surface area contributed by atoms with E-state index in [2.05, 4.69) is 10.4 Å². The summed E-state index contributed by atoms with van der Waals surface area (Å²) >= 11 is 11.9. The Balaban J connectivity index is 1.92. The summed E-state index contributed by atoms with van der Waals surface area (Å²) in [4.78, 5) is 24.0. The Bertz CT molecular complexity index is 1240. The highest BCUT2D eigenvalue weighted by Gasteiger charge is 2.41. The van der Waals surface area contributed by atoms with E-state index < -0.39 is 29.3 Å². The second kappa shape index (κ2) is 9.44. The van der Waals surface area contributed by atoms with Gasteiger partial charge in [-0.15, -0.1) is 0 Å². The first-order valence-corrected chi connectivity index (χ1v) is 10.3. The molecule has 174 valence electrons. The third-order valence-electron chi connectivity index (χ3n) is 4.95. The lowest BCUT2D eigenvalue weighted by molar-refractivity contribution is -0.144. The number of hydrogen-bond donors (Lipinski definition) is 2. The van der Waals surface area contributed by atoms with Crippen molar-refractivity contribution in [1.82, 2.24) is 15.1 Å². The predicted octanol–water partition coefficient (Wildman–Crippen LogP) is 5.27. The van der Waals surface area contributed by atoms with Crippen LogP contribution in [0, 0.1) is 6.92 Å². The van der Waals surface area contributed by atoms with Crippen LogP contribution in [0.5, 0.6) is 0 Å². The molecule has 0 fully saturated rings. The highest BCUT2D eigenvalue weighted by molar-refractivity contribution is 6.42. The van der Waals surface area contributed by atoms with Crippen molar-refractivity contribution < 1.29 is 27.9 Å². The zero-order valence-corrected chi connectivity index (χ0v) is 18.9. The number of hydrogen-bond acceptors (Lipinski definition) is 3. The van der Waals surface area contributed by atoms with Crippen LogP contribution in [0.15, 0.2) is 36.4 Å². The minimum atomic E-state index is -4.82.